The van der Waals surface area contributed by atoms with E-state index in [-0.39, 0.29) is 5.91 Å². The van der Waals surface area contributed by atoms with Gasteiger partial charge in [0.2, 0.25) is 5.91 Å². The van der Waals surface area contributed by atoms with E-state index in [2.05, 4.69) is 66.7 Å². The second kappa shape index (κ2) is 11.0. The van der Waals surface area contributed by atoms with Crippen LogP contribution in [0.2, 0.25) is 0 Å². The van der Waals surface area contributed by atoms with Crippen molar-refractivity contribution in [2.24, 2.45) is 0 Å². The predicted molar refractivity (Wildman–Crippen MR) is 155 cm³/mol. The predicted octanol–water partition coefficient (Wildman–Crippen LogP) is 4.87. The van der Waals surface area contributed by atoms with E-state index in [1.54, 1.807) is 0 Å². The van der Waals surface area contributed by atoms with Crippen molar-refractivity contribution in [1.29, 1.82) is 0 Å². The third-order valence-electron chi connectivity index (χ3n) is 8.95. The molecule has 7 heteroatoms. The van der Waals surface area contributed by atoms with Gasteiger partial charge in [-0.25, -0.2) is 0 Å². The first-order chi connectivity index (χ1) is 19.0. The van der Waals surface area contributed by atoms with Crippen LogP contribution in [0.5, 0.6) is 6.01 Å². The van der Waals surface area contributed by atoms with E-state index in [0.29, 0.717) is 24.6 Å². The molecule has 0 spiro atoms. The highest BCUT2D eigenvalue weighted by Crippen LogP contribution is 2.37. The van der Waals surface area contributed by atoms with Crippen LogP contribution in [-0.4, -0.2) is 71.6 Å². The minimum atomic E-state index is 0.0175. The Labute approximate surface area is 231 Å². The van der Waals surface area contributed by atoms with Crippen LogP contribution in [0.1, 0.15) is 54.1 Å². The SMILES string of the molecule is C=CC(=O)N1CCC(c2nc(OC[C@@H]3CCCN3C)nc3c2CCN(c2cccc4cccc(C)c24)C3)CC1. The van der Waals surface area contributed by atoms with Crippen molar-refractivity contribution >= 4 is 22.4 Å². The first-order valence-corrected chi connectivity index (χ1v) is 14.4. The average molecular weight is 526 g/mol. The fourth-order valence-electron chi connectivity index (χ4n) is 6.68. The number of likely N-dealkylation sites (N-methyl/N-ethyl adjacent to an activating group) is 1. The van der Waals surface area contributed by atoms with Crippen LogP contribution in [0.4, 0.5) is 5.69 Å². The summed E-state index contributed by atoms with van der Waals surface area (Å²) in [6.45, 7) is 10.7. The Morgan fingerprint density at radius 2 is 1.87 bits per heavy atom. The zero-order valence-corrected chi connectivity index (χ0v) is 23.2. The summed E-state index contributed by atoms with van der Waals surface area (Å²) in [5, 5.41) is 2.59. The smallest absolute Gasteiger partial charge is 0.316 e. The van der Waals surface area contributed by atoms with Gasteiger partial charge in [-0.3, -0.25) is 4.79 Å². The van der Waals surface area contributed by atoms with Crippen LogP contribution in [0.15, 0.2) is 49.1 Å². The van der Waals surface area contributed by atoms with Crippen LogP contribution in [0.25, 0.3) is 10.8 Å². The molecule has 0 N–H and O–H groups in total. The van der Waals surface area contributed by atoms with Gasteiger partial charge in [0, 0.05) is 42.7 Å². The summed E-state index contributed by atoms with van der Waals surface area (Å²) in [6, 6.07) is 14.0. The minimum Gasteiger partial charge on any atom is -0.462 e. The second-order valence-corrected chi connectivity index (χ2v) is 11.3. The molecule has 3 aliphatic rings. The molecular weight excluding hydrogens is 486 g/mol. The Morgan fingerprint density at radius 1 is 1.08 bits per heavy atom. The lowest BCUT2D eigenvalue weighted by molar-refractivity contribution is -0.127. The van der Waals surface area contributed by atoms with Crippen molar-refractivity contribution in [3.63, 3.8) is 0 Å². The van der Waals surface area contributed by atoms with Gasteiger partial charge in [0.15, 0.2) is 0 Å². The Balaban J connectivity index is 1.31. The fourth-order valence-corrected chi connectivity index (χ4v) is 6.68. The van der Waals surface area contributed by atoms with Crippen molar-refractivity contribution in [2.45, 2.75) is 57.5 Å². The number of aromatic nitrogens is 2. The maximum absolute atomic E-state index is 12.2. The molecule has 0 saturated carbocycles. The third kappa shape index (κ3) is 5.12. The Hall–Kier alpha value is -3.45. The average Bonchev–Trinajstić information content (AvgIpc) is 3.39. The molecule has 1 amide bonds. The fraction of sp³-hybridized carbons (Fsp3) is 0.469. The van der Waals surface area contributed by atoms with Gasteiger partial charge in [-0.15, -0.1) is 0 Å². The van der Waals surface area contributed by atoms with E-state index in [0.717, 1.165) is 69.8 Å². The van der Waals surface area contributed by atoms with E-state index in [1.165, 1.54) is 40.1 Å². The molecule has 0 unspecified atom stereocenters. The monoisotopic (exact) mass is 525 g/mol. The number of hydrogen-bond donors (Lipinski definition) is 0. The molecule has 204 valence electrons. The van der Waals surface area contributed by atoms with Crippen LogP contribution < -0.4 is 9.64 Å². The van der Waals surface area contributed by atoms with Crippen molar-refractivity contribution in [3.05, 3.63) is 71.6 Å². The zero-order chi connectivity index (χ0) is 26.9. The summed E-state index contributed by atoms with van der Waals surface area (Å²) in [5.74, 6) is 0.322. The van der Waals surface area contributed by atoms with Gasteiger partial charge in [-0.05, 0) is 81.3 Å². The van der Waals surface area contributed by atoms with Gasteiger partial charge in [-0.2, -0.15) is 9.97 Å². The Morgan fingerprint density at radius 3 is 2.62 bits per heavy atom. The van der Waals surface area contributed by atoms with Gasteiger partial charge in [0.05, 0.1) is 17.9 Å². The maximum atomic E-state index is 12.2. The standard InChI is InChI=1S/C32H39N5O2/c1-4-29(38)36-17-13-24(14-18-36)31-26-15-19-37(28-12-6-10-23-9-5-8-22(2)30(23)28)20-27(26)33-32(34-31)39-21-25-11-7-16-35(25)3/h4-6,8-10,12,24-25H,1,7,11,13-21H2,2-3H3/t25-/m0/s1. The van der Waals surface area contributed by atoms with Crippen molar-refractivity contribution in [1.82, 2.24) is 19.8 Å². The van der Waals surface area contributed by atoms with Gasteiger partial charge in [-0.1, -0.05) is 36.9 Å². The molecule has 6 rings (SSSR count). The molecule has 2 aromatic carbocycles. The summed E-state index contributed by atoms with van der Waals surface area (Å²) >= 11 is 0. The molecule has 3 aromatic rings. The zero-order valence-electron chi connectivity index (χ0n) is 23.2. The number of fused-ring (bicyclic) bond motifs is 2. The Kier molecular flexibility index (Phi) is 7.26. The van der Waals surface area contributed by atoms with Crippen molar-refractivity contribution in [2.75, 3.05) is 44.7 Å². The molecule has 3 aliphatic heterocycles. The number of amides is 1. The topological polar surface area (TPSA) is 61.8 Å². The number of piperidine rings is 1. The van der Waals surface area contributed by atoms with E-state index in [4.69, 9.17) is 14.7 Å². The van der Waals surface area contributed by atoms with Gasteiger partial charge >= 0.3 is 6.01 Å². The Bertz CT molecular complexity index is 1380. The third-order valence-corrected chi connectivity index (χ3v) is 8.95. The highest BCUT2D eigenvalue weighted by molar-refractivity contribution is 5.97. The van der Waals surface area contributed by atoms with Gasteiger partial charge in [0.1, 0.15) is 6.61 Å². The lowest BCUT2D eigenvalue weighted by Crippen LogP contribution is -2.38. The highest BCUT2D eigenvalue weighted by Gasteiger charge is 2.31. The van der Waals surface area contributed by atoms with Crippen molar-refractivity contribution < 1.29 is 9.53 Å². The summed E-state index contributed by atoms with van der Waals surface area (Å²) in [6.07, 6.45) is 6.49. The molecule has 39 heavy (non-hydrogen) atoms. The summed E-state index contributed by atoms with van der Waals surface area (Å²) < 4.78 is 6.30. The molecule has 0 aliphatic carbocycles. The quantitative estimate of drug-likeness (QED) is 0.428. The van der Waals surface area contributed by atoms with Crippen LogP contribution in [0, 0.1) is 6.92 Å². The number of ether oxygens (including phenoxy) is 1. The number of carbonyl (C=O) groups excluding carboxylic acids is 1. The lowest BCUT2D eigenvalue weighted by atomic mass is 9.87. The minimum absolute atomic E-state index is 0.0175. The largest absolute Gasteiger partial charge is 0.462 e. The van der Waals surface area contributed by atoms with E-state index in [9.17, 15) is 4.79 Å². The molecular formula is C32H39N5O2. The molecule has 0 bridgehead atoms. The summed E-state index contributed by atoms with van der Waals surface area (Å²) in [7, 11) is 2.17. The molecule has 1 atom stereocenters. The number of hydrogen-bond acceptors (Lipinski definition) is 6. The second-order valence-electron chi connectivity index (χ2n) is 11.3. The number of benzene rings is 2. The number of carbonyl (C=O) groups is 1. The lowest BCUT2D eigenvalue weighted by Gasteiger charge is -2.35. The van der Waals surface area contributed by atoms with E-state index < -0.39 is 0 Å². The maximum Gasteiger partial charge on any atom is 0.316 e. The molecule has 1 aromatic heterocycles. The van der Waals surface area contributed by atoms with Crippen molar-refractivity contribution in [3.8, 4) is 6.01 Å². The van der Waals surface area contributed by atoms with Gasteiger partial charge < -0.3 is 19.4 Å². The number of nitrogens with zero attached hydrogens (tertiary/aromatic N) is 5. The molecule has 2 saturated heterocycles. The van der Waals surface area contributed by atoms with Crippen LogP contribution in [-0.2, 0) is 17.8 Å². The number of anilines is 1. The first kappa shape index (κ1) is 25.8. The number of aryl methyl sites for hydroxylation is 1. The molecule has 7 nitrogen and oxygen atoms in total. The highest BCUT2D eigenvalue weighted by atomic mass is 16.5. The first-order valence-electron chi connectivity index (χ1n) is 14.4. The van der Waals surface area contributed by atoms with Crippen LogP contribution >= 0.6 is 0 Å². The normalized spacial score (nSPS) is 20.3. The van der Waals surface area contributed by atoms with E-state index >= 15 is 0 Å². The van der Waals surface area contributed by atoms with Gasteiger partial charge in [0.25, 0.3) is 0 Å². The summed E-state index contributed by atoms with van der Waals surface area (Å²) in [5.41, 5.74) is 6.05. The number of rotatable bonds is 6. The molecule has 2 fully saturated rings. The van der Waals surface area contributed by atoms with E-state index in [1.807, 2.05) is 4.90 Å². The molecule has 4 heterocycles. The number of likely N-dealkylation sites (tertiary alicyclic amines) is 2. The molecule has 0 radical (unpaired) electrons. The van der Waals surface area contributed by atoms with Crippen LogP contribution in [0.3, 0.4) is 0 Å². The summed E-state index contributed by atoms with van der Waals surface area (Å²) in [4.78, 5) is 29.0.